The summed E-state index contributed by atoms with van der Waals surface area (Å²) in [7, 11) is 0. The molecule has 0 bridgehead atoms. The highest BCUT2D eigenvalue weighted by atomic mass is 15.3. The van der Waals surface area contributed by atoms with E-state index in [-0.39, 0.29) is 0 Å². The number of pyridine rings is 1. The fourth-order valence-electron chi connectivity index (χ4n) is 2.20. The van der Waals surface area contributed by atoms with Crippen LogP contribution in [0.15, 0.2) is 30.6 Å². The molecular weight excluding hydrogens is 200 g/mol. The minimum Gasteiger partial charge on any atom is -0.319 e. The number of aromatic nitrogens is 2. The van der Waals surface area contributed by atoms with Crippen LogP contribution >= 0.6 is 0 Å². The highest BCUT2D eigenvalue weighted by Crippen LogP contribution is 2.12. The number of rotatable bonds is 2. The third kappa shape index (κ3) is 1.81. The van der Waals surface area contributed by atoms with Gasteiger partial charge in [-0.05, 0) is 18.2 Å². The molecule has 3 heterocycles. The van der Waals surface area contributed by atoms with E-state index in [0.717, 1.165) is 38.5 Å². The third-order valence-corrected chi connectivity index (χ3v) is 3.08. The van der Waals surface area contributed by atoms with E-state index in [2.05, 4.69) is 38.1 Å². The molecule has 1 aliphatic heterocycles. The van der Waals surface area contributed by atoms with E-state index >= 15 is 0 Å². The first-order chi connectivity index (χ1) is 7.93. The molecule has 0 aromatic carbocycles. The van der Waals surface area contributed by atoms with Crippen LogP contribution in [0.5, 0.6) is 0 Å². The second-order valence-corrected chi connectivity index (χ2v) is 4.21. The van der Waals surface area contributed by atoms with Crippen LogP contribution in [0.2, 0.25) is 0 Å². The van der Waals surface area contributed by atoms with Gasteiger partial charge in [0, 0.05) is 44.0 Å². The zero-order valence-electron chi connectivity index (χ0n) is 9.26. The van der Waals surface area contributed by atoms with Gasteiger partial charge in [0.25, 0.3) is 0 Å². The van der Waals surface area contributed by atoms with Gasteiger partial charge >= 0.3 is 0 Å². The molecule has 0 amide bonds. The fraction of sp³-hybridized carbons (Fsp3) is 0.417. The lowest BCUT2D eigenvalue weighted by Gasteiger charge is -2.27. The Morgan fingerprint density at radius 2 is 2.12 bits per heavy atom. The Morgan fingerprint density at radius 3 is 3.00 bits per heavy atom. The summed E-state index contributed by atoms with van der Waals surface area (Å²) in [6.07, 6.45) is 3.98. The molecule has 2 aromatic heterocycles. The molecule has 0 aliphatic carbocycles. The van der Waals surface area contributed by atoms with E-state index in [1.807, 2.05) is 12.3 Å². The van der Waals surface area contributed by atoms with Crippen LogP contribution in [0.4, 0.5) is 0 Å². The van der Waals surface area contributed by atoms with E-state index in [0.29, 0.717) is 0 Å². The maximum atomic E-state index is 4.43. The van der Waals surface area contributed by atoms with Crippen LogP contribution < -0.4 is 5.32 Å². The lowest BCUT2D eigenvalue weighted by atomic mass is 10.3. The van der Waals surface area contributed by atoms with Gasteiger partial charge in [-0.3, -0.25) is 4.90 Å². The summed E-state index contributed by atoms with van der Waals surface area (Å²) in [6, 6.07) is 6.22. The van der Waals surface area contributed by atoms with Gasteiger partial charge in [-0.1, -0.05) is 0 Å². The smallest absolute Gasteiger partial charge is 0.140 e. The van der Waals surface area contributed by atoms with Crippen molar-refractivity contribution in [2.45, 2.75) is 6.67 Å². The third-order valence-electron chi connectivity index (χ3n) is 3.08. The molecule has 4 heteroatoms. The van der Waals surface area contributed by atoms with Crippen molar-refractivity contribution >= 4 is 11.0 Å². The predicted molar refractivity (Wildman–Crippen MR) is 64.2 cm³/mol. The van der Waals surface area contributed by atoms with Gasteiger partial charge in [0.15, 0.2) is 0 Å². The van der Waals surface area contributed by atoms with Crippen LogP contribution in [0.3, 0.4) is 0 Å². The molecule has 16 heavy (non-hydrogen) atoms. The second-order valence-electron chi connectivity index (χ2n) is 4.21. The molecule has 1 aliphatic rings. The van der Waals surface area contributed by atoms with Crippen molar-refractivity contribution in [1.29, 1.82) is 0 Å². The summed E-state index contributed by atoms with van der Waals surface area (Å²) < 4.78 is 2.22. The largest absolute Gasteiger partial charge is 0.319 e. The topological polar surface area (TPSA) is 33.1 Å². The number of nitrogens with one attached hydrogen (secondary N) is 1. The van der Waals surface area contributed by atoms with Gasteiger partial charge in [0.1, 0.15) is 5.65 Å². The Bertz CT molecular complexity index is 471. The van der Waals surface area contributed by atoms with Crippen LogP contribution in [0.1, 0.15) is 0 Å². The normalized spacial score (nSPS) is 18.0. The molecule has 4 nitrogen and oxygen atoms in total. The average Bonchev–Trinajstić information content (AvgIpc) is 2.74. The Hall–Kier alpha value is -1.39. The van der Waals surface area contributed by atoms with Gasteiger partial charge in [0.05, 0.1) is 6.67 Å². The molecule has 3 rings (SSSR count). The molecule has 0 radical (unpaired) electrons. The van der Waals surface area contributed by atoms with Gasteiger partial charge in [0.2, 0.25) is 0 Å². The lowest BCUT2D eigenvalue weighted by Crippen LogP contribution is -2.43. The first-order valence-corrected chi connectivity index (χ1v) is 5.76. The summed E-state index contributed by atoms with van der Waals surface area (Å²) >= 11 is 0. The average molecular weight is 216 g/mol. The first-order valence-electron chi connectivity index (χ1n) is 5.76. The van der Waals surface area contributed by atoms with E-state index in [9.17, 15) is 0 Å². The molecule has 0 atom stereocenters. The monoisotopic (exact) mass is 216 g/mol. The second kappa shape index (κ2) is 4.23. The summed E-state index contributed by atoms with van der Waals surface area (Å²) in [5.41, 5.74) is 1.08. The van der Waals surface area contributed by atoms with Gasteiger partial charge in [-0.2, -0.15) is 0 Å². The van der Waals surface area contributed by atoms with Crippen molar-refractivity contribution < 1.29 is 0 Å². The lowest BCUT2D eigenvalue weighted by molar-refractivity contribution is 0.195. The SMILES string of the molecule is c1cnc2c(c1)ccn2CN1CCNCC1. The highest BCUT2D eigenvalue weighted by molar-refractivity contribution is 5.75. The number of hydrogen-bond acceptors (Lipinski definition) is 3. The Kier molecular flexibility index (Phi) is 2.60. The Labute approximate surface area is 94.9 Å². The molecule has 0 spiro atoms. The van der Waals surface area contributed by atoms with Crippen molar-refractivity contribution in [3.8, 4) is 0 Å². The van der Waals surface area contributed by atoms with Crippen LogP contribution in [-0.4, -0.2) is 40.6 Å². The maximum absolute atomic E-state index is 4.43. The van der Waals surface area contributed by atoms with Gasteiger partial charge in [-0.15, -0.1) is 0 Å². The van der Waals surface area contributed by atoms with E-state index in [4.69, 9.17) is 0 Å². The zero-order chi connectivity index (χ0) is 10.8. The maximum Gasteiger partial charge on any atom is 0.140 e. The number of fused-ring (bicyclic) bond motifs is 1. The Morgan fingerprint density at radius 1 is 1.25 bits per heavy atom. The molecule has 1 saturated heterocycles. The van der Waals surface area contributed by atoms with Crippen LogP contribution in [0.25, 0.3) is 11.0 Å². The number of nitrogens with zero attached hydrogens (tertiary/aromatic N) is 3. The fourth-order valence-corrected chi connectivity index (χ4v) is 2.20. The minimum atomic E-state index is 0.947. The molecule has 84 valence electrons. The van der Waals surface area contributed by atoms with Crippen molar-refractivity contribution in [3.05, 3.63) is 30.6 Å². The van der Waals surface area contributed by atoms with E-state index in [1.165, 1.54) is 5.39 Å². The predicted octanol–water partition coefficient (Wildman–Crippen LogP) is 0.899. The zero-order valence-corrected chi connectivity index (χ0v) is 9.26. The molecular formula is C12H16N4. The van der Waals surface area contributed by atoms with Crippen LogP contribution in [-0.2, 0) is 6.67 Å². The summed E-state index contributed by atoms with van der Waals surface area (Å²) in [4.78, 5) is 6.88. The minimum absolute atomic E-state index is 0.947. The summed E-state index contributed by atoms with van der Waals surface area (Å²) in [5, 5.41) is 4.58. The molecule has 1 N–H and O–H groups in total. The van der Waals surface area contributed by atoms with E-state index in [1.54, 1.807) is 0 Å². The summed E-state index contributed by atoms with van der Waals surface area (Å²) in [5.74, 6) is 0. The standard InChI is InChI=1S/C12H16N4/c1-2-11-3-7-16(12(11)14-4-1)10-15-8-5-13-6-9-15/h1-4,7,13H,5-6,8-10H2. The highest BCUT2D eigenvalue weighted by Gasteiger charge is 2.10. The first kappa shape index (κ1) is 9.81. The van der Waals surface area contributed by atoms with Crippen molar-refractivity contribution in [1.82, 2.24) is 19.8 Å². The van der Waals surface area contributed by atoms with Crippen molar-refractivity contribution in [3.63, 3.8) is 0 Å². The molecule has 0 saturated carbocycles. The van der Waals surface area contributed by atoms with Gasteiger partial charge < -0.3 is 9.88 Å². The van der Waals surface area contributed by atoms with Crippen molar-refractivity contribution in [2.75, 3.05) is 26.2 Å². The summed E-state index contributed by atoms with van der Waals surface area (Å²) in [6.45, 7) is 5.36. The molecule has 1 fully saturated rings. The quantitative estimate of drug-likeness (QED) is 0.809. The number of hydrogen-bond donors (Lipinski definition) is 1. The molecule has 2 aromatic rings. The molecule has 0 unspecified atom stereocenters. The van der Waals surface area contributed by atoms with Gasteiger partial charge in [-0.25, -0.2) is 4.98 Å². The van der Waals surface area contributed by atoms with Crippen molar-refractivity contribution in [2.24, 2.45) is 0 Å². The van der Waals surface area contributed by atoms with E-state index < -0.39 is 0 Å². The Balaban J connectivity index is 1.83. The van der Waals surface area contributed by atoms with Crippen LogP contribution in [0, 0.1) is 0 Å². The number of piperazine rings is 1.